The molecule has 7 nitrogen and oxygen atoms in total. The van der Waals surface area contributed by atoms with Crippen LogP contribution in [0.3, 0.4) is 0 Å². The summed E-state index contributed by atoms with van der Waals surface area (Å²) in [6.07, 6.45) is 3.50. The SMILES string of the molecule is CC.COc1cc(NC(=O)C(CC(C)C)NS(=O)Cc2ccccc2)ccc1-c1cnco1. The van der Waals surface area contributed by atoms with Gasteiger partial charge in [0.1, 0.15) is 5.75 Å². The fourth-order valence-corrected chi connectivity index (χ4v) is 4.26. The molecule has 1 heterocycles. The van der Waals surface area contributed by atoms with Crippen molar-refractivity contribution in [3.63, 3.8) is 0 Å². The minimum absolute atomic E-state index is 0.246. The molecule has 178 valence electrons. The van der Waals surface area contributed by atoms with E-state index >= 15 is 0 Å². The monoisotopic (exact) mass is 471 g/mol. The molecule has 1 aromatic heterocycles. The summed E-state index contributed by atoms with van der Waals surface area (Å²) < 4.78 is 26.4. The van der Waals surface area contributed by atoms with Crippen LogP contribution in [-0.2, 0) is 21.5 Å². The minimum Gasteiger partial charge on any atom is -0.496 e. The Bertz CT molecular complexity index is 1010. The Hall–Kier alpha value is -2.97. The zero-order valence-electron chi connectivity index (χ0n) is 19.8. The number of nitrogens with one attached hydrogen (secondary N) is 2. The first-order valence-corrected chi connectivity index (χ1v) is 12.3. The standard InChI is InChI=1S/C23H27N3O4S.C2H6/c1-16(2)11-20(26-31(28)14-17-7-5-4-6-8-17)23(27)25-18-9-10-19(21(12-18)29-3)22-13-24-15-30-22;1-2/h4-10,12-13,15-16,20,26H,11,14H2,1-3H3,(H,25,27);1-2H3. The molecule has 1 amide bonds. The van der Waals surface area contributed by atoms with E-state index in [4.69, 9.17) is 9.15 Å². The van der Waals surface area contributed by atoms with Crippen LogP contribution in [0.25, 0.3) is 11.3 Å². The molecule has 0 fully saturated rings. The van der Waals surface area contributed by atoms with Crippen molar-refractivity contribution in [1.82, 2.24) is 9.71 Å². The topological polar surface area (TPSA) is 93.5 Å². The number of aromatic nitrogens is 1. The third kappa shape index (κ3) is 8.14. The quantitative estimate of drug-likeness (QED) is 0.425. The van der Waals surface area contributed by atoms with E-state index in [0.717, 1.165) is 11.1 Å². The number of carbonyl (C=O) groups excluding carboxylic acids is 1. The maximum absolute atomic E-state index is 13.0. The summed E-state index contributed by atoms with van der Waals surface area (Å²) in [6.45, 7) is 8.05. The van der Waals surface area contributed by atoms with E-state index in [9.17, 15) is 9.00 Å². The minimum atomic E-state index is -1.38. The molecule has 0 spiro atoms. The second-order valence-electron chi connectivity index (χ2n) is 7.55. The highest BCUT2D eigenvalue weighted by Crippen LogP contribution is 2.32. The van der Waals surface area contributed by atoms with Gasteiger partial charge in [-0.05, 0) is 30.0 Å². The van der Waals surface area contributed by atoms with Gasteiger partial charge in [0.25, 0.3) is 0 Å². The molecule has 3 aromatic rings. The van der Waals surface area contributed by atoms with Crippen LogP contribution in [0, 0.1) is 5.92 Å². The number of amides is 1. The first-order valence-electron chi connectivity index (χ1n) is 11.0. The fraction of sp³-hybridized carbons (Fsp3) is 0.360. The lowest BCUT2D eigenvalue weighted by molar-refractivity contribution is -0.118. The van der Waals surface area contributed by atoms with E-state index < -0.39 is 17.0 Å². The second kappa shape index (κ2) is 13.5. The van der Waals surface area contributed by atoms with Gasteiger partial charge in [0, 0.05) is 11.8 Å². The Morgan fingerprint density at radius 2 is 1.88 bits per heavy atom. The summed E-state index contributed by atoms with van der Waals surface area (Å²) >= 11 is 0. The van der Waals surface area contributed by atoms with Crippen LogP contribution in [0.15, 0.2) is 65.5 Å². The number of methoxy groups -OCH3 is 1. The van der Waals surface area contributed by atoms with Crippen molar-refractivity contribution in [2.24, 2.45) is 5.92 Å². The zero-order valence-corrected chi connectivity index (χ0v) is 20.6. The average molecular weight is 472 g/mol. The summed E-state index contributed by atoms with van der Waals surface area (Å²) in [5, 5.41) is 2.90. The van der Waals surface area contributed by atoms with Crippen LogP contribution in [-0.4, -0.2) is 28.3 Å². The molecule has 0 aliphatic rings. The van der Waals surface area contributed by atoms with Gasteiger partial charge in [0.05, 0.1) is 41.7 Å². The third-order valence-corrected chi connectivity index (χ3v) is 5.75. The maximum atomic E-state index is 13.0. The van der Waals surface area contributed by atoms with E-state index in [0.29, 0.717) is 29.4 Å². The van der Waals surface area contributed by atoms with Gasteiger partial charge >= 0.3 is 0 Å². The summed E-state index contributed by atoms with van der Waals surface area (Å²) in [5.74, 6) is 1.47. The highest BCUT2D eigenvalue weighted by Gasteiger charge is 2.22. The van der Waals surface area contributed by atoms with Gasteiger partial charge in [-0.3, -0.25) is 4.79 Å². The molecule has 0 aliphatic heterocycles. The van der Waals surface area contributed by atoms with Crippen LogP contribution < -0.4 is 14.8 Å². The predicted molar refractivity (Wildman–Crippen MR) is 133 cm³/mol. The molecule has 33 heavy (non-hydrogen) atoms. The van der Waals surface area contributed by atoms with Crippen LogP contribution in [0.5, 0.6) is 5.75 Å². The van der Waals surface area contributed by atoms with Crippen molar-refractivity contribution < 1.29 is 18.2 Å². The van der Waals surface area contributed by atoms with E-state index in [1.165, 1.54) is 6.39 Å². The second-order valence-corrected chi connectivity index (χ2v) is 8.76. The number of oxazole rings is 1. The Labute approximate surface area is 198 Å². The van der Waals surface area contributed by atoms with Crippen molar-refractivity contribution in [1.29, 1.82) is 0 Å². The average Bonchev–Trinajstić information content (AvgIpc) is 3.35. The van der Waals surface area contributed by atoms with Gasteiger partial charge < -0.3 is 14.5 Å². The maximum Gasteiger partial charge on any atom is 0.242 e. The predicted octanol–water partition coefficient (Wildman–Crippen LogP) is 5.18. The molecular formula is C25H33N3O4S. The lowest BCUT2D eigenvalue weighted by atomic mass is 10.0. The lowest BCUT2D eigenvalue weighted by Crippen LogP contribution is -2.42. The molecule has 2 atom stereocenters. The number of carbonyl (C=O) groups is 1. The first-order chi connectivity index (χ1) is 16.0. The van der Waals surface area contributed by atoms with Gasteiger partial charge in [-0.25, -0.2) is 13.9 Å². The summed E-state index contributed by atoms with van der Waals surface area (Å²) in [5.41, 5.74) is 2.26. The molecular weight excluding hydrogens is 438 g/mol. The number of ether oxygens (including phenoxy) is 1. The smallest absolute Gasteiger partial charge is 0.242 e. The summed E-state index contributed by atoms with van der Waals surface area (Å²) in [4.78, 5) is 16.9. The number of anilines is 1. The molecule has 2 N–H and O–H groups in total. The highest BCUT2D eigenvalue weighted by atomic mass is 32.2. The number of hydrogen-bond donors (Lipinski definition) is 2. The van der Waals surface area contributed by atoms with Gasteiger partial charge in [-0.15, -0.1) is 0 Å². The van der Waals surface area contributed by atoms with Crippen molar-refractivity contribution in [2.75, 3.05) is 12.4 Å². The summed E-state index contributed by atoms with van der Waals surface area (Å²) in [6, 6.07) is 14.3. The molecule has 0 radical (unpaired) electrons. The fourth-order valence-electron chi connectivity index (χ4n) is 3.16. The molecule has 2 unspecified atom stereocenters. The van der Waals surface area contributed by atoms with Gasteiger partial charge in [0.15, 0.2) is 12.2 Å². The lowest BCUT2D eigenvalue weighted by Gasteiger charge is -2.20. The van der Waals surface area contributed by atoms with Crippen molar-refractivity contribution >= 4 is 22.6 Å². The Balaban J connectivity index is 0.00000187. The van der Waals surface area contributed by atoms with Gasteiger partial charge in [0.2, 0.25) is 5.91 Å². The van der Waals surface area contributed by atoms with E-state index in [1.807, 2.05) is 58.0 Å². The van der Waals surface area contributed by atoms with Crippen LogP contribution in [0.1, 0.15) is 39.7 Å². The largest absolute Gasteiger partial charge is 0.496 e. The molecule has 0 aliphatic carbocycles. The highest BCUT2D eigenvalue weighted by molar-refractivity contribution is 7.82. The molecule has 3 rings (SSSR count). The molecule has 0 saturated heterocycles. The van der Waals surface area contributed by atoms with Gasteiger partial charge in [-0.2, -0.15) is 0 Å². The van der Waals surface area contributed by atoms with Crippen molar-refractivity contribution in [3.05, 3.63) is 66.7 Å². The molecule has 8 heteroatoms. The van der Waals surface area contributed by atoms with Crippen LogP contribution in [0.2, 0.25) is 0 Å². The molecule has 2 aromatic carbocycles. The van der Waals surface area contributed by atoms with E-state index in [1.54, 1.807) is 31.5 Å². The van der Waals surface area contributed by atoms with Crippen molar-refractivity contribution in [2.45, 2.75) is 45.9 Å². The molecule has 0 saturated carbocycles. The normalized spacial score (nSPS) is 12.4. The summed E-state index contributed by atoms with van der Waals surface area (Å²) in [7, 11) is 0.171. The van der Waals surface area contributed by atoms with Crippen LogP contribution >= 0.6 is 0 Å². The van der Waals surface area contributed by atoms with E-state index in [2.05, 4.69) is 15.0 Å². The third-order valence-electron chi connectivity index (χ3n) is 4.60. The Morgan fingerprint density at radius 1 is 1.15 bits per heavy atom. The number of hydrogen-bond acceptors (Lipinski definition) is 5. The van der Waals surface area contributed by atoms with E-state index in [-0.39, 0.29) is 11.8 Å². The van der Waals surface area contributed by atoms with Gasteiger partial charge in [-0.1, -0.05) is 58.0 Å². The van der Waals surface area contributed by atoms with Crippen LogP contribution in [0.4, 0.5) is 5.69 Å². The number of benzene rings is 2. The zero-order chi connectivity index (χ0) is 24.2. The Morgan fingerprint density at radius 3 is 2.48 bits per heavy atom. The number of nitrogens with zero attached hydrogens (tertiary/aromatic N) is 1. The van der Waals surface area contributed by atoms with Crippen molar-refractivity contribution in [3.8, 4) is 17.1 Å². The Kier molecular flexibility index (Phi) is 10.8. The number of rotatable bonds is 10. The molecule has 0 bridgehead atoms. The first kappa shape index (κ1) is 26.3.